The summed E-state index contributed by atoms with van der Waals surface area (Å²) in [5.41, 5.74) is 0.468. The van der Waals surface area contributed by atoms with E-state index in [1.165, 1.54) is 29.9 Å². The molecule has 28 heavy (non-hydrogen) atoms. The molecular formula is C18H16N4O4S2. The lowest BCUT2D eigenvalue weighted by Crippen LogP contribution is -2.29. The number of hydrogen-bond acceptors (Lipinski definition) is 7. The molecule has 0 atom stereocenters. The highest BCUT2D eigenvalue weighted by Crippen LogP contribution is 2.28. The molecule has 3 heterocycles. The lowest BCUT2D eigenvalue weighted by Gasteiger charge is -2.10. The van der Waals surface area contributed by atoms with Crippen LogP contribution in [0.5, 0.6) is 0 Å². The second-order valence-corrected chi connectivity index (χ2v) is 8.66. The highest BCUT2D eigenvalue weighted by molar-refractivity contribution is 7.90. The lowest BCUT2D eigenvalue weighted by atomic mass is 10.2. The number of anilines is 1. The molecular weight excluding hydrogens is 400 g/mol. The fraction of sp³-hybridized carbons (Fsp3) is 0.167. The van der Waals surface area contributed by atoms with Crippen molar-refractivity contribution in [1.29, 1.82) is 0 Å². The fourth-order valence-electron chi connectivity index (χ4n) is 2.76. The number of thiophene rings is 1. The molecule has 0 saturated heterocycles. The predicted octanol–water partition coefficient (Wildman–Crippen LogP) is 3.13. The number of nitrogens with one attached hydrogen (secondary N) is 2. The highest BCUT2D eigenvalue weighted by Gasteiger charge is 2.21. The van der Waals surface area contributed by atoms with Gasteiger partial charge in [0.1, 0.15) is 5.84 Å². The molecule has 1 aliphatic rings. The molecule has 0 bridgehead atoms. The smallest absolute Gasteiger partial charge is 0.278 e. The third kappa shape index (κ3) is 3.82. The molecule has 0 unspecified atom stereocenters. The number of amides is 1. The van der Waals surface area contributed by atoms with E-state index in [9.17, 15) is 13.2 Å². The van der Waals surface area contributed by atoms with Crippen LogP contribution in [0, 0.1) is 0 Å². The van der Waals surface area contributed by atoms with Crippen molar-refractivity contribution >= 4 is 38.8 Å². The molecule has 0 fully saturated rings. The van der Waals surface area contributed by atoms with E-state index in [1.807, 2.05) is 17.5 Å². The van der Waals surface area contributed by atoms with E-state index >= 15 is 0 Å². The second kappa shape index (κ2) is 7.56. The summed E-state index contributed by atoms with van der Waals surface area (Å²) in [7, 11) is -3.76. The van der Waals surface area contributed by atoms with Gasteiger partial charge >= 0.3 is 0 Å². The number of sulfonamides is 1. The van der Waals surface area contributed by atoms with Crippen LogP contribution in [0.25, 0.3) is 10.6 Å². The SMILES string of the molecule is O=C(Nc1cccc(S(=O)(=O)NC2=NCCC2)c1)c1ncoc1-c1cccs1. The van der Waals surface area contributed by atoms with Crippen LogP contribution in [0.3, 0.4) is 0 Å². The molecule has 1 aromatic carbocycles. The van der Waals surface area contributed by atoms with Gasteiger partial charge in [-0.15, -0.1) is 11.3 Å². The Morgan fingerprint density at radius 3 is 2.86 bits per heavy atom. The summed E-state index contributed by atoms with van der Waals surface area (Å²) in [6.07, 6.45) is 2.64. The van der Waals surface area contributed by atoms with E-state index in [4.69, 9.17) is 4.42 Å². The zero-order chi connectivity index (χ0) is 19.6. The number of carbonyl (C=O) groups is 1. The Morgan fingerprint density at radius 1 is 1.21 bits per heavy atom. The molecule has 0 radical (unpaired) electrons. The molecule has 3 aromatic rings. The highest BCUT2D eigenvalue weighted by atomic mass is 32.2. The van der Waals surface area contributed by atoms with Crippen LogP contribution in [0.4, 0.5) is 5.69 Å². The van der Waals surface area contributed by atoms with Crippen LogP contribution in [0.1, 0.15) is 23.3 Å². The largest absolute Gasteiger partial charge is 0.442 e. The number of nitrogens with zero attached hydrogens (tertiary/aromatic N) is 2. The Hall–Kier alpha value is -2.98. The van der Waals surface area contributed by atoms with E-state index in [0.717, 1.165) is 11.3 Å². The van der Waals surface area contributed by atoms with Gasteiger partial charge in [-0.05, 0) is 36.1 Å². The molecule has 1 aliphatic heterocycles. The molecule has 0 spiro atoms. The maximum Gasteiger partial charge on any atom is 0.278 e. The Labute approximate surface area is 165 Å². The van der Waals surface area contributed by atoms with Crippen LogP contribution >= 0.6 is 11.3 Å². The number of aliphatic imine (C=N–C) groups is 1. The molecule has 0 saturated carbocycles. The minimum Gasteiger partial charge on any atom is -0.442 e. The molecule has 2 N–H and O–H groups in total. The quantitative estimate of drug-likeness (QED) is 0.663. The number of amidine groups is 1. The van der Waals surface area contributed by atoms with Gasteiger partial charge < -0.3 is 9.73 Å². The van der Waals surface area contributed by atoms with Gasteiger partial charge in [0.25, 0.3) is 15.9 Å². The van der Waals surface area contributed by atoms with E-state index < -0.39 is 15.9 Å². The summed E-state index contributed by atoms with van der Waals surface area (Å²) in [5, 5.41) is 4.54. The predicted molar refractivity (Wildman–Crippen MR) is 106 cm³/mol. The van der Waals surface area contributed by atoms with Crippen molar-refractivity contribution in [3.05, 3.63) is 53.9 Å². The number of hydrogen-bond donors (Lipinski definition) is 2. The van der Waals surface area contributed by atoms with Crippen molar-refractivity contribution in [1.82, 2.24) is 9.71 Å². The summed E-state index contributed by atoms with van der Waals surface area (Å²) < 4.78 is 32.9. The fourth-order valence-corrected chi connectivity index (χ4v) is 4.61. The number of carbonyl (C=O) groups excluding carboxylic acids is 1. The maximum absolute atomic E-state index is 12.6. The topological polar surface area (TPSA) is 114 Å². The minimum absolute atomic E-state index is 0.0403. The van der Waals surface area contributed by atoms with Crippen LogP contribution in [-0.2, 0) is 10.0 Å². The van der Waals surface area contributed by atoms with Crippen LogP contribution in [0.15, 0.2) is 62.5 Å². The van der Waals surface area contributed by atoms with Gasteiger partial charge in [-0.1, -0.05) is 12.1 Å². The van der Waals surface area contributed by atoms with Crippen LogP contribution in [0.2, 0.25) is 0 Å². The average Bonchev–Trinajstić information content (AvgIpc) is 3.43. The van der Waals surface area contributed by atoms with Crippen LogP contribution in [-0.4, -0.2) is 31.7 Å². The Balaban J connectivity index is 1.54. The second-order valence-electron chi connectivity index (χ2n) is 6.03. The van der Waals surface area contributed by atoms with E-state index in [-0.39, 0.29) is 10.6 Å². The van der Waals surface area contributed by atoms with Crippen molar-refractivity contribution in [2.24, 2.45) is 4.99 Å². The first kappa shape index (κ1) is 18.4. The summed E-state index contributed by atoms with van der Waals surface area (Å²) in [6, 6.07) is 9.69. The molecule has 1 amide bonds. The molecule has 10 heteroatoms. The van der Waals surface area contributed by atoms with Crippen molar-refractivity contribution in [3.63, 3.8) is 0 Å². The van der Waals surface area contributed by atoms with E-state index in [0.29, 0.717) is 30.2 Å². The van der Waals surface area contributed by atoms with Gasteiger partial charge in [0.05, 0.1) is 9.77 Å². The average molecular weight is 416 g/mol. The summed E-state index contributed by atoms with van der Waals surface area (Å²) in [6.45, 7) is 0.623. The number of oxazole rings is 1. The molecule has 4 rings (SSSR count). The van der Waals surface area contributed by atoms with Gasteiger partial charge in [0.15, 0.2) is 17.8 Å². The standard InChI is InChI=1S/C18H16N4O4S2/c23-18(16-17(26-11-20-16)14-6-3-9-27-14)21-12-4-1-5-13(10-12)28(24,25)22-15-7-2-8-19-15/h1,3-6,9-11H,2,7-8H2,(H,19,22)(H,21,23). The third-order valence-corrected chi connectivity index (χ3v) is 6.30. The first-order valence-electron chi connectivity index (χ1n) is 8.48. The number of aromatic nitrogens is 1. The van der Waals surface area contributed by atoms with Gasteiger partial charge in [0.2, 0.25) is 0 Å². The Bertz CT molecular complexity index is 1130. The summed E-state index contributed by atoms with van der Waals surface area (Å²) in [4.78, 5) is 21.5. The zero-order valence-corrected chi connectivity index (χ0v) is 16.2. The molecule has 144 valence electrons. The molecule has 2 aromatic heterocycles. The van der Waals surface area contributed by atoms with Gasteiger partial charge in [-0.25, -0.2) is 13.4 Å². The summed E-state index contributed by atoms with van der Waals surface area (Å²) in [5.74, 6) is 0.342. The van der Waals surface area contributed by atoms with E-state index in [2.05, 4.69) is 20.0 Å². The number of benzene rings is 1. The molecule has 8 nitrogen and oxygen atoms in total. The van der Waals surface area contributed by atoms with Crippen molar-refractivity contribution in [3.8, 4) is 10.6 Å². The van der Waals surface area contributed by atoms with Crippen LogP contribution < -0.4 is 10.0 Å². The van der Waals surface area contributed by atoms with E-state index in [1.54, 1.807) is 12.1 Å². The maximum atomic E-state index is 12.6. The number of rotatable bonds is 5. The van der Waals surface area contributed by atoms with Crippen molar-refractivity contribution in [2.45, 2.75) is 17.7 Å². The lowest BCUT2D eigenvalue weighted by molar-refractivity contribution is 0.102. The third-order valence-electron chi connectivity index (χ3n) is 4.06. The van der Waals surface area contributed by atoms with Gasteiger partial charge in [0, 0.05) is 18.7 Å². The molecule has 0 aliphatic carbocycles. The minimum atomic E-state index is -3.76. The van der Waals surface area contributed by atoms with Crippen molar-refractivity contribution < 1.29 is 17.6 Å². The summed E-state index contributed by atoms with van der Waals surface area (Å²) >= 11 is 1.43. The normalized spacial score (nSPS) is 13.9. The Kier molecular flexibility index (Phi) is 4.97. The monoisotopic (exact) mass is 416 g/mol. The first-order chi connectivity index (χ1) is 13.5. The van der Waals surface area contributed by atoms with Crippen molar-refractivity contribution in [2.75, 3.05) is 11.9 Å². The first-order valence-corrected chi connectivity index (χ1v) is 10.8. The Morgan fingerprint density at radius 2 is 2.11 bits per heavy atom. The zero-order valence-electron chi connectivity index (χ0n) is 14.6. The van der Waals surface area contributed by atoms with Gasteiger partial charge in [-0.3, -0.25) is 14.5 Å². The van der Waals surface area contributed by atoms with Gasteiger partial charge in [-0.2, -0.15) is 0 Å².